The van der Waals surface area contributed by atoms with Crippen molar-refractivity contribution in [3.05, 3.63) is 63.1 Å². The fraction of sp³-hybridized carbons (Fsp3) is 0.364. The second kappa shape index (κ2) is 9.25. The van der Waals surface area contributed by atoms with E-state index < -0.39 is 11.4 Å². The summed E-state index contributed by atoms with van der Waals surface area (Å²) in [6.07, 6.45) is 2.13. The number of carbonyl (C=O) groups is 2. The van der Waals surface area contributed by atoms with Crippen LogP contribution in [0.4, 0.5) is 5.69 Å². The Kier molecular flexibility index (Phi) is 6.91. The smallest absolute Gasteiger partial charge is 0.321 e. The van der Waals surface area contributed by atoms with E-state index in [9.17, 15) is 9.59 Å². The number of esters is 1. The van der Waals surface area contributed by atoms with E-state index in [1.165, 1.54) is 14.0 Å². The lowest BCUT2D eigenvalue weighted by Crippen LogP contribution is -2.52. The number of rotatable bonds is 6. The number of benzene rings is 2. The Morgan fingerprint density at radius 2 is 1.93 bits per heavy atom. The highest BCUT2D eigenvalue weighted by Gasteiger charge is 2.49. The molecule has 1 heterocycles. The molecule has 0 aromatic heterocycles. The minimum atomic E-state index is -1.12. The van der Waals surface area contributed by atoms with Crippen LogP contribution in [0.2, 0.25) is 10.0 Å². The SMILES string of the molecule is COC(=O)C1(c2ccc(CCCN)cc2)CCN(NC(C)=O)c2cc(Cl)cc(Cl)c21. The molecule has 0 radical (unpaired) electrons. The van der Waals surface area contributed by atoms with Gasteiger partial charge in [-0.1, -0.05) is 47.5 Å². The van der Waals surface area contributed by atoms with E-state index in [4.69, 9.17) is 33.7 Å². The molecular formula is C22H25Cl2N3O3. The summed E-state index contributed by atoms with van der Waals surface area (Å²) in [5, 5.41) is 2.42. The van der Waals surface area contributed by atoms with Gasteiger partial charge in [0, 0.05) is 29.1 Å². The van der Waals surface area contributed by atoms with Crippen molar-refractivity contribution >= 4 is 40.8 Å². The molecule has 8 heteroatoms. The van der Waals surface area contributed by atoms with Gasteiger partial charge < -0.3 is 10.5 Å². The first-order valence-electron chi connectivity index (χ1n) is 9.75. The number of nitrogens with two attached hydrogens (primary N) is 1. The van der Waals surface area contributed by atoms with Crippen LogP contribution < -0.4 is 16.2 Å². The van der Waals surface area contributed by atoms with Gasteiger partial charge in [0.05, 0.1) is 12.8 Å². The molecule has 30 heavy (non-hydrogen) atoms. The molecule has 0 aliphatic carbocycles. The fourth-order valence-electron chi connectivity index (χ4n) is 4.07. The number of nitrogens with zero attached hydrogens (tertiary/aromatic N) is 1. The number of fused-ring (bicyclic) bond motifs is 1. The van der Waals surface area contributed by atoms with E-state index in [0.29, 0.717) is 40.8 Å². The number of methoxy groups -OCH3 is 1. The van der Waals surface area contributed by atoms with E-state index in [-0.39, 0.29) is 5.91 Å². The molecule has 1 amide bonds. The van der Waals surface area contributed by atoms with Gasteiger partial charge in [0.15, 0.2) is 0 Å². The molecule has 160 valence electrons. The zero-order valence-corrected chi connectivity index (χ0v) is 18.5. The molecule has 1 unspecified atom stereocenters. The summed E-state index contributed by atoms with van der Waals surface area (Å²) in [7, 11) is 1.36. The summed E-state index contributed by atoms with van der Waals surface area (Å²) in [6, 6.07) is 11.2. The van der Waals surface area contributed by atoms with E-state index in [2.05, 4.69) is 5.43 Å². The van der Waals surface area contributed by atoms with Gasteiger partial charge in [-0.25, -0.2) is 0 Å². The summed E-state index contributed by atoms with van der Waals surface area (Å²) >= 11 is 12.9. The number of carbonyl (C=O) groups excluding carboxylic acids is 2. The monoisotopic (exact) mass is 449 g/mol. The second-order valence-electron chi connectivity index (χ2n) is 7.34. The number of anilines is 1. The molecule has 1 aliphatic rings. The first-order chi connectivity index (χ1) is 14.3. The zero-order chi connectivity index (χ0) is 21.9. The van der Waals surface area contributed by atoms with Crippen LogP contribution in [0.3, 0.4) is 0 Å². The van der Waals surface area contributed by atoms with Crippen molar-refractivity contribution in [2.24, 2.45) is 5.73 Å². The van der Waals surface area contributed by atoms with Crippen molar-refractivity contribution in [2.75, 3.05) is 25.2 Å². The van der Waals surface area contributed by atoms with Gasteiger partial charge in [-0.15, -0.1) is 0 Å². The van der Waals surface area contributed by atoms with Crippen LogP contribution in [-0.4, -0.2) is 32.1 Å². The molecule has 6 nitrogen and oxygen atoms in total. The summed E-state index contributed by atoms with van der Waals surface area (Å²) in [6.45, 7) is 2.43. The Morgan fingerprint density at radius 3 is 2.53 bits per heavy atom. The Balaban J connectivity index is 2.19. The zero-order valence-electron chi connectivity index (χ0n) is 17.0. The third-order valence-electron chi connectivity index (χ3n) is 5.40. The quantitative estimate of drug-likeness (QED) is 0.657. The Bertz CT molecular complexity index is 949. The number of hydrazine groups is 1. The highest BCUT2D eigenvalue weighted by atomic mass is 35.5. The van der Waals surface area contributed by atoms with Gasteiger partial charge in [0.2, 0.25) is 5.91 Å². The van der Waals surface area contributed by atoms with E-state index >= 15 is 0 Å². The highest BCUT2D eigenvalue weighted by Crippen LogP contribution is 2.49. The maximum atomic E-state index is 13.2. The Hall–Kier alpha value is -2.28. The lowest BCUT2D eigenvalue weighted by atomic mass is 9.69. The van der Waals surface area contributed by atoms with Crippen molar-refractivity contribution in [1.82, 2.24) is 5.43 Å². The third-order valence-corrected chi connectivity index (χ3v) is 5.92. The van der Waals surface area contributed by atoms with Crippen LogP contribution in [0.1, 0.15) is 36.5 Å². The Labute approximate surface area is 186 Å². The molecule has 0 saturated carbocycles. The number of ether oxygens (including phenoxy) is 1. The van der Waals surface area contributed by atoms with Crippen molar-refractivity contribution in [3.63, 3.8) is 0 Å². The molecule has 3 rings (SSSR count). The number of hydrogen-bond acceptors (Lipinski definition) is 5. The standard InChI is InChI=1S/C22H25Cl2N3O3/c1-14(28)26-27-11-9-22(21(29)30-2,20-18(24)12-17(23)13-19(20)27)16-7-5-15(6-8-16)4-3-10-25/h5-8,12-13H,3-4,9-11,25H2,1-2H3,(H,26,28). The molecule has 0 fully saturated rings. The fourth-order valence-corrected chi connectivity index (χ4v) is 4.72. The average Bonchev–Trinajstić information content (AvgIpc) is 2.72. The van der Waals surface area contributed by atoms with Crippen molar-refractivity contribution in [2.45, 2.75) is 31.6 Å². The molecule has 1 aliphatic heterocycles. The normalized spacial score (nSPS) is 18.0. The first kappa shape index (κ1) is 22.4. The Morgan fingerprint density at radius 1 is 1.23 bits per heavy atom. The summed E-state index contributed by atoms with van der Waals surface area (Å²) in [5.41, 5.74) is 10.3. The minimum absolute atomic E-state index is 0.230. The van der Waals surface area contributed by atoms with E-state index in [0.717, 1.165) is 24.0 Å². The van der Waals surface area contributed by atoms with Crippen LogP contribution in [0.15, 0.2) is 36.4 Å². The van der Waals surface area contributed by atoms with Crippen LogP contribution >= 0.6 is 23.2 Å². The lowest BCUT2D eigenvalue weighted by molar-refractivity contribution is -0.146. The van der Waals surface area contributed by atoms with Crippen molar-refractivity contribution in [1.29, 1.82) is 0 Å². The summed E-state index contributed by atoms with van der Waals surface area (Å²) in [4.78, 5) is 25.0. The molecular weight excluding hydrogens is 425 g/mol. The number of aryl methyl sites for hydroxylation is 1. The molecule has 2 aromatic carbocycles. The second-order valence-corrected chi connectivity index (χ2v) is 8.18. The van der Waals surface area contributed by atoms with Gasteiger partial charge in [-0.05, 0) is 49.1 Å². The van der Waals surface area contributed by atoms with Crippen molar-refractivity contribution < 1.29 is 14.3 Å². The highest BCUT2D eigenvalue weighted by molar-refractivity contribution is 6.36. The van der Waals surface area contributed by atoms with Gasteiger partial charge in [-0.2, -0.15) is 0 Å². The summed E-state index contributed by atoms with van der Waals surface area (Å²) < 4.78 is 5.25. The number of halogens is 2. The minimum Gasteiger partial charge on any atom is -0.468 e. The molecule has 0 spiro atoms. The third kappa shape index (κ3) is 4.13. The van der Waals surface area contributed by atoms with Gasteiger partial charge in [0.25, 0.3) is 0 Å². The van der Waals surface area contributed by atoms with Crippen LogP contribution in [0.25, 0.3) is 0 Å². The lowest BCUT2D eigenvalue weighted by Gasteiger charge is -2.43. The maximum absolute atomic E-state index is 13.2. The first-order valence-corrected chi connectivity index (χ1v) is 10.5. The van der Waals surface area contributed by atoms with Gasteiger partial charge in [0.1, 0.15) is 5.41 Å². The molecule has 3 N–H and O–H groups in total. The van der Waals surface area contributed by atoms with Gasteiger partial charge in [-0.3, -0.25) is 20.0 Å². The molecule has 0 bridgehead atoms. The summed E-state index contributed by atoms with van der Waals surface area (Å²) in [5.74, 6) is -0.642. The molecule has 1 atom stereocenters. The average molecular weight is 450 g/mol. The molecule has 0 saturated heterocycles. The van der Waals surface area contributed by atoms with Crippen LogP contribution in [0, 0.1) is 0 Å². The molecule has 2 aromatic rings. The van der Waals surface area contributed by atoms with Crippen molar-refractivity contribution in [3.8, 4) is 0 Å². The largest absolute Gasteiger partial charge is 0.468 e. The maximum Gasteiger partial charge on any atom is 0.321 e. The number of nitrogens with one attached hydrogen (secondary N) is 1. The number of amides is 1. The van der Waals surface area contributed by atoms with E-state index in [1.54, 1.807) is 17.1 Å². The van der Waals surface area contributed by atoms with E-state index in [1.807, 2.05) is 24.3 Å². The van der Waals surface area contributed by atoms with Crippen LogP contribution in [-0.2, 0) is 26.2 Å². The predicted octanol–water partition coefficient (Wildman–Crippen LogP) is 3.61. The van der Waals surface area contributed by atoms with Gasteiger partial charge >= 0.3 is 5.97 Å². The van der Waals surface area contributed by atoms with Crippen LogP contribution in [0.5, 0.6) is 0 Å². The number of hydrogen-bond donors (Lipinski definition) is 2. The topological polar surface area (TPSA) is 84.7 Å². The predicted molar refractivity (Wildman–Crippen MR) is 119 cm³/mol.